The topological polar surface area (TPSA) is 68.2 Å². The fraction of sp³-hybridized carbons (Fsp3) is 0.143. The highest BCUT2D eigenvalue weighted by Gasteiger charge is 2.17. The van der Waals surface area contributed by atoms with Crippen LogP contribution in [-0.4, -0.2) is 24.4 Å². The minimum atomic E-state index is -0.993. The third kappa shape index (κ3) is 8.32. The van der Waals surface area contributed by atoms with Crippen molar-refractivity contribution in [2.24, 2.45) is 0 Å². The standard InChI is InChI=1S/C21H19FO3.C14H13FO2/c1-24-18-10-7-16(8-11-18)21(23)19-13-17(22)9-12-20(19)25-14-15-5-3-2-4-6-15;1-17-13-5-2-10(3-6-13)8-11-9-12(15)4-7-14(11)16/h2-13,21,23H,14H2,1H3;2-7,9,16H,8H2,1H3. The fourth-order valence-corrected chi connectivity index (χ4v) is 4.22. The largest absolute Gasteiger partial charge is 0.508 e. The van der Waals surface area contributed by atoms with E-state index in [9.17, 15) is 19.0 Å². The summed E-state index contributed by atoms with van der Waals surface area (Å²) in [6, 6.07) is 32.3. The van der Waals surface area contributed by atoms with Crippen molar-refractivity contribution in [3.8, 4) is 23.0 Å². The first-order valence-corrected chi connectivity index (χ1v) is 13.2. The van der Waals surface area contributed by atoms with E-state index in [1.807, 2.05) is 54.6 Å². The van der Waals surface area contributed by atoms with Gasteiger partial charge in [-0.3, -0.25) is 0 Å². The monoisotopic (exact) mass is 570 g/mol. The van der Waals surface area contributed by atoms with E-state index in [1.165, 1.54) is 30.3 Å². The number of hydrogen-bond donors (Lipinski definition) is 2. The molecule has 0 radical (unpaired) electrons. The molecule has 216 valence electrons. The van der Waals surface area contributed by atoms with Gasteiger partial charge in [0.25, 0.3) is 0 Å². The maximum Gasteiger partial charge on any atom is 0.126 e. The number of ether oxygens (including phenoxy) is 3. The Morgan fingerprint density at radius 2 is 1.26 bits per heavy atom. The molecule has 1 atom stereocenters. The first-order valence-electron chi connectivity index (χ1n) is 13.2. The van der Waals surface area contributed by atoms with E-state index in [0.717, 1.165) is 16.9 Å². The van der Waals surface area contributed by atoms with Gasteiger partial charge < -0.3 is 24.4 Å². The van der Waals surface area contributed by atoms with Crippen LogP contribution in [0.15, 0.2) is 115 Å². The molecule has 0 amide bonds. The SMILES string of the molecule is COc1ccc(C(O)c2cc(F)ccc2OCc2ccccc2)cc1.COc1ccc(Cc2cc(F)ccc2O)cc1. The molecule has 0 saturated heterocycles. The molecule has 0 bridgehead atoms. The lowest BCUT2D eigenvalue weighted by Crippen LogP contribution is -2.05. The van der Waals surface area contributed by atoms with Gasteiger partial charge in [0.2, 0.25) is 0 Å². The summed E-state index contributed by atoms with van der Waals surface area (Å²) in [4.78, 5) is 0. The Bertz CT molecular complexity index is 1560. The molecule has 5 aromatic rings. The summed E-state index contributed by atoms with van der Waals surface area (Å²) in [5.41, 5.74) is 3.59. The van der Waals surface area contributed by atoms with Crippen molar-refractivity contribution in [1.82, 2.24) is 0 Å². The number of phenols is 1. The van der Waals surface area contributed by atoms with Crippen LogP contribution in [0.25, 0.3) is 0 Å². The van der Waals surface area contributed by atoms with Gasteiger partial charge in [0.15, 0.2) is 0 Å². The lowest BCUT2D eigenvalue weighted by Gasteiger charge is -2.17. The summed E-state index contributed by atoms with van der Waals surface area (Å²) in [6.45, 7) is 0.342. The molecule has 0 heterocycles. The average Bonchev–Trinajstić information content (AvgIpc) is 3.03. The molecule has 42 heavy (non-hydrogen) atoms. The Kier molecular flexibility index (Phi) is 10.5. The predicted octanol–water partition coefficient (Wildman–Crippen LogP) is 7.63. The van der Waals surface area contributed by atoms with Crippen molar-refractivity contribution >= 4 is 0 Å². The van der Waals surface area contributed by atoms with Crippen LogP contribution in [0.5, 0.6) is 23.0 Å². The van der Waals surface area contributed by atoms with E-state index in [1.54, 1.807) is 44.6 Å². The van der Waals surface area contributed by atoms with Crippen LogP contribution in [0.1, 0.15) is 33.9 Å². The van der Waals surface area contributed by atoms with Gasteiger partial charge in [-0.15, -0.1) is 0 Å². The quantitative estimate of drug-likeness (QED) is 0.191. The highest BCUT2D eigenvalue weighted by Crippen LogP contribution is 2.32. The van der Waals surface area contributed by atoms with Crippen LogP contribution in [0.3, 0.4) is 0 Å². The number of hydrogen-bond acceptors (Lipinski definition) is 5. The van der Waals surface area contributed by atoms with Gasteiger partial charge >= 0.3 is 0 Å². The average molecular weight is 571 g/mol. The van der Waals surface area contributed by atoms with Crippen LogP contribution >= 0.6 is 0 Å². The van der Waals surface area contributed by atoms with Crippen molar-refractivity contribution in [1.29, 1.82) is 0 Å². The molecule has 0 aromatic heterocycles. The molecule has 1 unspecified atom stereocenters. The molecule has 0 aliphatic rings. The lowest BCUT2D eigenvalue weighted by atomic mass is 10.0. The van der Waals surface area contributed by atoms with Crippen LogP contribution in [0.2, 0.25) is 0 Å². The Balaban J connectivity index is 0.000000208. The first-order chi connectivity index (χ1) is 20.4. The van der Waals surface area contributed by atoms with Gasteiger partial charge in [-0.05, 0) is 77.4 Å². The number of benzene rings is 5. The second kappa shape index (κ2) is 14.7. The zero-order valence-electron chi connectivity index (χ0n) is 23.3. The van der Waals surface area contributed by atoms with Crippen molar-refractivity contribution in [3.05, 3.63) is 155 Å². The molecular weight excluding hydrogens is 538 g/mol. The van der Waals surface area contributed by atoms with E-state index >= 15 is 0 Å². The third-order valence-electron chi connectivity index (χ3n) is 6.53. The molecule has 0 aliphatic carbocycles. The number of aromatic hydroxyl groups is 1. The normalized spacial score (nSPS) is 11.2. The number of halogens is 2. The maximum absolute atomic E-state index is 13.7. The molecule has 5 aromatic carbocycles. The summed E-state index contributed by atoms with van der Waals surface area (Å²) in [5.74, 6) is 1.27. The van der Waals surface area contributed by atoms with Gasteiger partial charge in [0, 0.05) is 17.5 Å². The zero-order chi connectivity index (χ0) is 29.9. The molecule has 0 saturated carbocycles. The van der Waals surface area contributed by atoms with Crippen LogP contribution in [-0.2, 0) is 13.0 Å². The molecule has 0 fully saturated rings. The van der Waals surface area contributed by atoms with Crippen molar-refractivity contribution in [2.45, 2.75) is 19.1 Å². The highest BCUT2D eigenvalue weighted by atomic mass is 19.1. The molecule has 5 nitrogen and oxygen atoms in total. The molecule has 7 heteroatoms. The van der Waals surface area contributed by atoms with Gasteiger partial charge in [0.1, 0.15) is 47.3 Å². The van der Waals surface area contributed by atoms with E-state index < -0.39 is 11.9 Å². The van der Waals surface area contributed by atoms with Crippen molar-refractivity contribution < 1.29 is 33.2 Å². The van der Waals surface area contributed by atoms with Gasteiger partial charge in [-0.2, -0.15) is 0 Å². The number of methoxy groups -OCH3 is 2. The molecule has 2 N–H and O–H groups in total. The Hall–Kier alpha value is -4.88. The van der Waals surface area contributed by atoms with Gasteiger partial charge in [-0.1, -0.05) is 54.6 Å². The highest BCUT2D eigenvalue weighted by molar-refractivity contribution is 5.42. The third-order valence-corrected chi connectivity index (χ3v) is 6.53. The smallest absolute Gasteiger partial charge is 0.126 e. The minimum absolute atomic E-state index is 0.113. The van der Waals surface area contributed by atoms with E-state index in [-0.39, 0.29) is 11.6 Å². The first kappa shape index (κ1) is 30.1. The van der Waals surface area contributed by atoms with E-state index in [2.05, 4.69) is 0 Å². The Morgan fingerprint density at radius 1 is 0.667 bits per heavy atom. The van der Waals surface area contributed by atoms with E-state index in [4.69, 9.17) is 14.2 Å². The Labute approximate surface area is 244 Å². The van der Waals surface area contributed by atoms with Crippen LogP contribution in [0, 0.1) is 11.6 Å². The maximum atomic E-state index is 13.7. The van der Waals surface area contributed by atoms with Gasteiger partial charge in [0.05, 0.1) is 14.2 Å². The summed E-state index contributed by atoms with van der Waals surface area (Å²) < 4.78 is 42.7. The fourth-order valence-electron chi connectivity index (χ4n) is 4.22. The van der Waals surface area contributed by atoms with Crippen LogP contribution in [0.4, 0.5) is 8.78 Å². The molecule has 0 aliphatic heterocycles. The summed E-state index contributed by atoms with van der Waals surface area (Å²) >= 11 is 0. The van der Waals surface area contributed by atoms with Crippen LogP contribution < -0.4 is 14.2 Å². The number of rotatable bonds is 9. The molecule has 5 rings (SSSR count). The number of aliphatic hydroxyl groups excluding tert-OH is 1. The minimum Gasteiger partial charge on any atom is -0.508 e. The van der Waals surface area contributed by atoms with Crippen molar-refractivity contribution in [3.63, 3.8) is 0 Å². The summed E-state index contributed by atoms with van der Waals surface area (Å²) in [6.07, 6.45) is -0.500. The summed E-state index contributed by atoms with van der Waals surface area (Å²) in [7, 11) is 3.18. The lowest BCUT2D eigenvalue weighted by molar-refractivity contribution is 0.208. The molecular formula is C35H32F2O5. The van der Waals surface area contributed by atoms with E-state index in [0.29, 0.717) is 41.2 Å². The van der Waals surface area contributed by atoms with Gasteiger partial charge in [-0.25, -0.2) is 8.78 Å². The second-order valence-corrected chi connectivity index (χ2v) is 9.43. The number of aliphatic hydroxyl groups is 1. The molecule has 0 spiro atoms. The summed E-state index contributed by atoms with van der Waals surface area (Å²) in [5, 5.41) is 20.3. The van der Waals surface area contributed by atoms with Crippen molar-refractivity contribution in [2.75, 3.05) is 14.2 Å². The predicted molar refractivity (Wildman–Crippen MR) is 158 cm³/mol. The zero-order valence-corrected chi connectivity index (χ0v) is 23.3. The Morgan fingerprint density at radius 3 is 1.90 bits per heavy atom. The number of phenolic OH excluding ortho intramolecular Hbond substituents is 1. The second-order valence-electron chi connectivity index (χ2n) is 9.43.